The average Bonchev–Trinajstić information content (AvgIpc) is 3.37. The molecule has 232 valence electrons. The summed E-state index contributed by atoms with van der Waals surface area (Å²) < 4.78 is 18.2. The summed E-state index contributed by atoms with van der Waals surface area (Å²) in [4.78, 5) is 36.4. The van der Waals surface area contributed by atoms with Crippen LogP contribution < -0.4 is 5.32 Å². The predicted molar refractivity (Wildman–Crippen MR) is 159 cm³/mol. The molecule has 9 nitrogen and oxygen atoms in total. The molecule has 3 aliphatic carbocycles. The number of rotatable bonds is 7. The van der Waals surface area contributed by atoms with Crippen molar-refractivity contribution in [1.29, 1.82) is 0 Å². The van der Waals surface area contributed by atoms with Crippen LogP contribution in [-0.4, -0.2) is 103 Å². The summed E-state index contributed by atoms with van der Waals surface area (Å²) in [7, 11) is 3.58. The topological polar surface area (TPSA) is 92.7 Å². The van der Waals surface area contributed by atoms with E-state index < -0.39 is 0 Å². The van der Waals surface area contributed by atoms with Crippen molar-refractivity contribution in [3.63, 3.8) is 0 Å². The number of methoxy groups -OCH3 is 2. The molecule has 7 atom stereocenters. The first-order valence-electron chi connectivity index (χ1n) is 16.1. The van der Waals surface area contributed by atoms with E-state index in [2.05, 4.69) is 24.1 Å². The van der Waals surface area contributed by atoms with Crippen molar-refractivity contribution < 1.29 is 23.8 Å². The maximum Gasteiger partial charge on any atom is 0.326 e. The molecule has 5 rings (SSSR count). The Morgan fingerprint density at radius 3 is 2.39 bits per heavy atom. The lowest BCUT2D eigenvalue weighted by molar-refractivity contribution is -0.123. The molecule has 3 saturated carbocycles. The highest BCUT2D eigenvalue weighted by atomic mass is 35.5. The van der Waals surface area contributed by atoms with Crippen LogP contribution in [0.1, 0.15) is 84.5 Å². The number of aliphatic imine (C=N–C) groups is 1. The van der Waals surface area contributed by atoms with E-state index in [9.17, 15) is 9.59 Å². The zero-order valence-corrected chi connectivity index (χ0v) is 26.2. The number of alkyl halides is 1. The van der Waals surface area contributed by atoms with Crippen LogP contribution in [0.2, 0.25) is 0 Å². The van der Waals surface area contributed by atoms with Gasteiger partial charge in [-0.2, -0.15) is 0 Å². The Labute approximate surface area is 251 Å². The number of hydrogen-bond acceptors (Lipinski definition) is 6. The zero-order valence-electron chi connectivity index (χ0n) is 25.4. The van der Waals surface area contributed by atoms with Crippen LogP contribution in [0.15, 0.2) is 4.99 Å². The number of amidine groups is 1. The van der Waals surface area contributed by atoms with Gasteiger partial charge in [0.1, 0.15) is 12.4 Å². The van der Waals surface area contributed by atoms with Crippen LogP contribution in [0.25, 0.3) is 0 Å². The van der Waals surface area contributed by atoms with Crippen molar-refractivity contribution in [3.8, 4) is 0 Å². The molecule has 1 N–H and O–H groups in total. The minimum absolute atomic E-state index is 0.00467. The lowest BCUT2D eigenvalue weighted by Gasteiger charge is -2.45. The molecule has 0 aromatic rings. The first-order valence-corrected chi connectivity index (χ1v) is 16.5. The number of carbonyl (C=O) groups is 2. The smallest absolute Gasteiger partial charge is 0.326 e. The van der Waals surface area contributed by atoms with Crippen LogP contribution in [0, 0.1) is 17.8 Å². The molecule has 2 aliphatic heterocycles. The summed E-state index contributed by atoms with van der Waals surface area (Å²) in [6, 6.07) is -0.0943. The third-order valence-corrected chi connectivity index (χ3v) is 10.7. The number of piperazine rings is 1. The first-order chi connectivity index (χ1) is 19.8. The van der Waals surface area contributed by atoms with Gasteiger partial charge in [-0.3, -0.25) is 14.7 Å². The summed E-state index contributed by atoms with van der Waals surface area (Å²) in [6.07, 6.45) is 11.0. The number of amides is 3. The fraction of sp³-hybridized carbons (Fsp3) is 0.903. The molecular formula is C31H51ClN4O5. The van der Waals surface area contributed by atoms with E-state index >= 15 is 0 Å². The largest absolute Gasteiger partial charge is 0.381 e. The number of nitrogens with one attached hydrogen (secondary N) is 1. The van der Waals surface area contributed by atoms with Gasteiger partial charge in [-0.1, -0.05) is 6.42 Å². The SMILES string of the molecule is COC1CCC(C2=N[C@H](C3CCC(Cl)CC3)[C@H](C3CCCC(OC)C3)N2C(=O)N2CCNC(=O)C2)C(OC(C)C)C1. The highest BCUT2D eigenvalue weighted by Crippen LogP contribution is 2.45. The summed E-state index contributed by atoms with van der Waals surface area (Å²) in [5, 5.41) is 3.10. The Hall–Kier alpha value is -1.42. The van der Waals surface area contributed by atoms with Gasteiger partial charge >= 0.3 is 6.03 Å². The Bertz CT molecular complexity index is 941. The van der Waals surface area contributed by atoms with Gasteiger partial charge in [0.2, 0.25) is 5.91 Å². The van der Waals surface area contributed by atoms with Crippen molar-refractivity contribution in [2.24, 2.45) is 22.7 Å². The number of nitrogens with zero attached hydrogens (tertiary/aromatic N) is 3. The molecule has 4 fully saturated rings. The minimum Gasteiger partial charge on any atom is -0.381 e. The quantitative estimate of drug-likeness (QED) is 0.435. The normalized spacial score (nSPS) is 38.6. The van der Waals surface area contributed by atoms with Gasteiger partial charge < -0.3 is 24.4 Å². The molecule has 0 spiro atoms. The van der Waals surface area contributed by atoms with Crippen molar-refractivity contribution in [2.75, 3.05) is 33.9 Å². The molecule has 0 aromatic carbocycles. The molecule has 5 aliphatic rings. The van der Waals surface area contributed by atoms with E-state index in [4.69, 9.17) is 30.8 Å². The highest BCUT2D eigenvalue weighted by Gasteiger charge is 2.52. The zero-order chi connectivity index (χ0) is 29.1. The van der Waals surface area contributed by atoms with Gasteiger partial charge in [0.15, 0.2) is 0 Å². The molecule has 10 heteroatoms. The second kappa shape index (κ2) is 13.9. The Kier molecular flexibility index (Phi) is 10.5. The van der Waals surface area contributed by atoms with Crippen LogP contribution in [0.4, 0.5) is 4.79 Å². The fourth-order valence-electron chi connectivity index (χ4n) is 8.15. The van der Waals surface area contributed by atoms with E-state index in [1.54, 1.807) is 19.1 Å². The first kappa shape index (κ1) is 31.0. The second-order valence-corrected chi connectivity index (χ2v) is 13.8. The van der Waals surface area contributed by atoms with Gasteiger partial charge in [-0.05, 0) is 83.5 Å². The minimum atomic E-state index is -0.102. The summed E-state index contributed by atoms with van der Waals surface area (Å²) in [5.41, 5.74) is 0. The number of halogens is 1. The second-order valence-electron chi connectivity index (χ2n) is 13.2. The van der Waals surface area contributed by atoms with E-state index in [1.165, 1.54) is 0 Å². The summed E-state index contributed by atoms with van der Waals surface area (Å²) in [6.45, 7) is 5.22. The standard InChI is InChI=1S/C31H51ClN4O5/c1-19(2)41-26-17-24(40-4)12-13-25(26)30-34-28(20-8-10-22(32)11-9-20)29(21-6-5-7-23(16-21)39-3)36(30)31(38)35-15-14-33-27(37)18-35/h19-26,28-29H,5-18H2,1-4H3,(H,33,37)/t20?,21?,22?,23?,24?,25?,26?,28-,29+/m1/s1. The van der Waals surface area contributed by atoms with Gasteiger partial charge in [0.05, 0.1) is 36.5 Å². The third-order valence-electron chi connectivity index (χ3n) is 10.2. The summed E-state index contributed by atoms with van der Waals surface area (Å²) in [5.74, 6) is 1.45. The molecule has 0 radical (unpaired) electrons. The van der Waals surface area contributed by atoms with E-state index in [-0.39, 0.29) is 72.2 Å². The Balaban J connectivity index is 1.54. The van der Waals surface area contributed by atoms with E-state index in [1.807, 2.05) is 0 Å². The van der Waals surface area contributed by atoms with Crippen molar-refractivity contribution in [1.82, 2.24) is 15.1 Å². The van der Waals surface area contributed by atoms with Gasteiger partial charge in [-0.25, -0.2) is 4.79 Å². The van der Waals surface area contributed by atoms with Gasteiger partial charge in [0, 0.05) is 45.0 Å². The number of hydrogen-bond donors (Lipinski definition) is 1. The van der Waals surface area contributed by atoms with Gasteiger partial charge in [-0.15, -0.1) is 11.6 Å². The van der Waals surface area contributed by atoms with Crippen LogP contribution in [-0.2, 0) is 19.0 Å². The number of ether oxygens (including phenoxy) is 3. The molecular weight excluding hydrogens is 544 g/mol. The number of urea groups is 1. The van der Waals surface area contributed by atoms with E-state index in [0.29, 0.717) is 19.0 Å². The molecule has 2 heterocycles. The molecule has 41 heavy (non-hydrogen) atoms. The maximum atomic E-state index is 14.6. The fourth-order valence-corrected chi connectivity index (χ4v) is 8.40. The summed E-state index contributed by atoms with van der Waals surface area (Å²) >= 11 is 6.56. The van der Waals surface area contributed by atoms with E-state index in [0.717, 1.165) is 76.5 Å². The lowest BCUT2D eigenvalue weighted by Crippen LogP contribution is -2.60. The monoisotopic (exact) mass is 594 g/mol. The number of carbonyl (C=O) groups excluding carboxylic acids is 2. The molecule has 0 aromatic heterocycles. The predicted octanol–water partition coefficient (Wildman–Crippen LogP) is 4.60. The lowest BCUT2D eigenvalue weighted by atomic mass is 9.73. The van der Waals surface area contributed by atoms with Gasteiger partial charge in [0.25, 0.3) is 0 Å². The molecule has 0 bridgehead atoms. The van der Waals surface area contributed by atoms with Crippen molar-refractivity contribution >= 4 is 29.4 Å². The molecule has 3 amide bonds. The van der Waals surface area contributed by atoms with Crippen LogP contribution >= 0.6 is 11.6 Å². The Morgan fingerprint density at radius 2 is 1.71 bits per heavy atom. The Morgan fingerprint density at radius 1 is 0.976 bits per heavy atom. The molecule has 1 saturated heterocycles. The van der Waals surface area contributed by atoms with Crippen LogP contribution in [0.3, 0.4) is 0 Å². The maximum absolute atomic E-state index is 14.6. The highest BCUT2D eigenvalue weighted by molar-refractivity contribution is 6.20. The molecule has 5 unspecified atom stereocenters. The van der Waals surface area contributed by atoms with Crippen LogP contribution in [0.5, 0.6) is 0 Å². The van der Waals surface area contributed by atoms with Crippen molar-refractivity contribution in [2.45, 2.75) is 126 Å². The van der Waals surface area contributed by atoms with Crippen molar-refractivity contribution in [3.05, 3.63) is 0 Å². The third kappa shape index (κ3) is 7.05. The average molecular weight is 595 g/mol.